The molecule has 1 saturated heterocycles. The van der Waals surface area contributed by atoms with Crippen molar-refractivity contribution in [2.24, 2.45) is 0 Å². The number of methoxy groups -OCH3 is 1. The predicted octanol–water partition coefficient (Wildman–Crippen LogP) is -3.20. The molecule has 0 aliphatic carbocycles. The first kappa shape index (κ1) is 10.8. The Kier molecular flexibility index (Phi) is 3.60. The number of hydrogen-bond donors (Lipinski definition) is 3. The molecule has 0 unspecified atom stereocenters. The summed E-state index contributed by atoms with van der Waals surface area (Å²) in [6, 6.07) is 0. The van der Waals surface area contributed by atoms with Crippen LogP contribution in [0.1, 0.15) is 0 Å². The van der Waals surface area contributed by atoms with Gasteiger partial charge in [-0.1, -0.05) is 0 Å². The van der Waals surface area contributed by atoms with E-state index < -0.39 is 37.3 Å². The Morgan fingerprint density at radius 1 is 1.38 bits per heavy atom. The smallest absolute Gasteiger partial charge is 0.111 e. The molecule has 6 nitrogen and oxygen atoms in total. The van der Waals surface area contributed by atoms with Crippen LogP contribution in [0.3, 0.4) is 0 Å². The maximum absolute atomic E-state index is 11.1. The average Bonchev–Trinajstić information content (AvgIpc) is 2.12. The second-order valence-electron chi connectivity index (χ2n) is 2.91. The van der Waals surface area contributed by atoms with E-state index in [1.807, 2.05) is 0 Å². The molecule has 0 aromatic rings. The lowest BCUT2D eigenvalue weighted by Gasteiger charge is -2.44. The Bertz CT molecular complexity index is 163. The molecule has 1 rings (SSSR count). The van der Waals surface area contributed by atoms with Gasteiger partial charge < -0.3 is 29.9 Å². The Labute approximate surface area is 75.3 Å². The highest BCUT2D eigenvalue weighted by molar-refractivity contribution is 4.88. The van der Waals surface area contributed by atoms with Crippen molar-refractivity contribution in [2.75, 3.05) is 13.7 Å². The van der Waals surface area contributed by atoms with E-state index in [-0.39, 0.29) is 0 Å². The second kappa shape index (κ2) is 4.32. The molecule has 13 heavy (non-hydrogen) atoms. The van der Waals surface area contributed by atoms with Crippen LogP contribution < -0.4 is 5.11 Å². The van der Waals surface area contributed by atoms with Gasteiger partial charge >= 0.3 is 0 Å². The topological polar surface area (TPSA) is 102 Å². The zero-order chi connectivity index (χ0) is 10.0. The summed E-state index contributed by atoms with van der Waals surface area (Å²) in [4.78, 5) is 0. The van der Waals surface area contributed by atoms with Gasteiger partial charge in [-0.25, -0.2) is 0 Å². The zero-order valence-corrected chi connectivity index (χ0v) is 7.16. The fraction of sp³-hybridized carbons (Fsp3) is 1.00. The molecule has 0 radical (unpaired) electrons. The highest BCUT2D eigenvalue weighted by Gasteiger charge is 2.39. The van der Waals surface area contributed by atoms with E-state index in [1.54, 1.807) is 0 Å². The van der Waals surface area contributed by atoms with Crippen molar-refractivity contribution in [3.05, 3.63) is 0 Å². The van der Waals surface area contributed by atoms with Crippen molar-refractivity contribution < 1.29 is 29.9 Å². The van der Waals surface area contributed by atoms with Crippen LogP contribution in [-0.4, -0.2) is 59.7 Å². The molecule has 5 atom stereocenters. The molecular formula is C7H13O6-. The molecule has 1 fully saturated rings. The van der Waals surface area contributed by atoms with Gasteiger partial charge in [-0.05, 0) is 0 Å². The van der Waals surface area contributed by atoms with E-state index in [9.17, 15) is 15.3 Å². The first-order valence-electron chi connectivity index (χ1n) is 3.93. The van der Waals surface area contributed by atoms with E-state index in [0.29, 0.717) is 0 Å². The van der Waals surface area contributed by atoms with E-state index in [4.69, 9.17) is 5.11 Å². The van der Waals surface area contributed by atoms with Crippen LogP contribution in [0.5, 0.6) is 0 Å². The molecule has 0 saturated carbocycles. The summed E-state index contributed by atoms with van der Waals surface area (Å²) in [6.07, 6.45) is -6.33. The minimum atomic E-state index is -1.58. The van der Waals surface area contributed by atoms with Gasteiger partial charge in [0, 0.05) is 13.4 Å². The molecule has 6 heteroatoms. The summed E-state index contributed by atoms with van der Waals surface area (Å²) in [5.41, 5.74) is 0. The van der Waals surface area contributed by atoms with Gasteiger partial charge in [0.15, 0.2) is 0 Å². The van der Waals surface area contributed by atoms with Crippen LogP contribution in [0.15, 0.2) is 0 Å². The molecule has 1 heterocycles. The monoisotopic (exact) mass is 193 g/mol. The number of rotatable bonds is 2. The Morgan fingerprint density at radius 3 is 2.46 bits per heavy atom. The van der Waals surface area contributed by atoms with E-state index >= 15 is 0 Å². The standard InChI is InChI=1S/C7H13O6/c1-12-6-5(10)4(9)3(2-8)13-7(6)11/h3-10H,2H2,1H3/q-1/t3-,4-,5+,6-,7+/m1/s1. The van der Waals surface area contributed by atoms with Gasteiger partial charge in [0.25, 0.3) is 0 Å². The summed E-state index contributed by atoms with van der Waals surface area (Å²) >= 11 is 0. The summed E-state index contributed by atoms with van der Waals surface area (Å²) in [6.45, 7) is -0.507. The maximum atomic E-state index is 11.1. The number of hydrogen-bond acceptors (Lipinski definition) is 6. The number of ether oxygens (including phenoxy) is 2. The van der Waals surface area contributed by atoms with Crippen molar-refractivity contribution in [1.82, 2.24) is 0 Å². The third-order valence-corrected chi connectivity index (χ3v) is 2.10. The van der Waals surface area contributed by atoms with Crippen molar-refractivity contribution in [3.63, 3.8) is 0 Å². The first-order chi connectivity index (χ1) is 6.11. The lowest BCUT2D eigenvalue weighted by Crippen LogP contribution is -2.62. The van der Waals surface area contributed by atoms with Crippen molar-refractivity contribution in [3.8, 4) is 0 Å². The van der Waals surface area contributed by atoms with Gasteiger partial charge in [-0.15, -0.1) is 0 Å². The first-order valence-corrected chi connectivity index (χ1v) is 3.93. The molecule has 0 spiro atoms. The quantitative estimate of drug-likeness (QED) is 0.427. The predicted molar refractivity (Wildman–Crippen MR) is 38.6 cm³/mol. The highest BCUT2D eigenvalue weighted by Crippen LogP contribution is 2.19. The van der Waals surface area contributed by atoms with Gasteiger partial charge in [0.1, 0.15) is 18.3 Å². The van der Waals surface area contributed by atoms with E-state index in [2.05, 4.69) is 9.47 Å². The molecule has 0 amide bonds. The molecular weight excluding hydrogens is 180 g/mol. The largest absolute Gasteiger partial charge is 0.829 e. The number of aliphatic hydroxyl groups excluding tert-OH is 3. The summed E-state index contributed by atoms with van der Waals surface area (Å²) < 4.78 is 9.33. The molecule has 0 bridgehead atoms. The van der Waals surface area contributed by atoms with Crippen molar-refractivity contribution in [2.45, 2.75) is 30.7 Å². The van der Waals surface area contributed by atoms with Crippen molar-refractivity contribution >= 4 is 0 Å². The summed E-state index contributed by atoms with van der Waals surface area (Å²) in [7, 11) is 1.24. The van der Waals surface area contributed by atoms with Gasteiger partial charge in [-0.3, -0.25) is 0 Å². The third kappa shape index (κ3) is 1.98. The van der Waals surface area contributed by atoms with Gasteiger partial charge in [0.2, 0.25) is 0 Å². The lowest BCUT2D eigenvalue weighted by molar-refractivity contribution is -0.533. The van der Waals surface area contributed by atoms with Crippen LogP contribution in [0.2, 0.25) is 0 Å². The number of aliphatic hydroxyl groups is 3. The minimum absolute atomic E-state index is 0.507. The second-order valence-corrected chi connectivity index (χ2v) is 2.91. The normalized spacial score (nSPS) is 46.4. The Hall–Kier alpha value is -0.240. The molecule has 1 aliphatic rings. The Morgan fingerprint density at radius 2 is 2.00 bits per heavy atom. The zero-order valence-electron chi connectivity index (χ0n) is 7.16. The molecule has 0 aromatic carbocycles. The van der Waals surface area contributed by atoms with Crippen LogP contribution in [-0.2, 0) is 9.47 Å². The fourth-order valence-electron chi connectivity index (χ4n) is 1.31. The maximum Gasteiger partial charge on any atom is 0.111 e. The SMILES string of the molecule is CO[C@@H]1[C@@H](O)[C@H](O)[C@@H](CO)O[C@@H]1[O-]. The van der Waals surface area contributed by atoms with E-state index in [1.165, 1.54) is 7.11 Å². The van der Waals surface area contributed by atoms with E-state index in [0.717, 1.165) is 0 Å². The van der Waals surface area contributed by atoms with Crippen LogP contribution in [0.4, 0.5) is 0 Å². The summed E-state index contributed by atoms with van der Waals surface area (Å²) in [5, 5.41) is 38.4. The van der Waals surface area contributed by atoms with Gasteiger partial charge in [0.05, 0.1) is 12.7 Å². The highest BCUT2D eigenvalue weighted by atomic mass is 16.7. The molecule has 78 valence electrons. The minimum Gasteiger partial charge on any atom is -0.829 e. The van der Waals surface area contributed by atoms with Crippen LogP contribution in [0.25, 0.3) is 0 Å². The lowest BCUT2D eigenvalue weighted by atomic mass is 9.99. The van der Waals surface area contributed by atoms with Crippen molar-refractivity contribution in [1.29, 1.82) is 0 Å². The molecule has 3 N–H and O–H groups in total. The van der Waals surface area contributed by atoms with Crippen LogP contribution in [0, 0.1) is 0 Å². The third-order valence-electron chi connectivity index (χ3n) is 2.10. The fourth-order valence-corrected chi connectivity index (χ4v) is 1.31. The van der Waals surface area contributed by atoms with Crippen LogP contribution >= 0.6 is 0 Å². The van der Waals surface area contributed by atoms with Gasteiger partial charge in [-0.2, -0.15) is 0 Å². The Balaban J connectivity index is 2.66. The summed E-state index contributed by atoms with van der Waals surface area (Å²) in [5.74, 6) is 0. The average molecular weight is 193 g/mol. The molecule has 0 aromatic heterocycles. The molecule has 1 aliphatic heterocycles.